The van der Waals surface area contributed by atoms with E-state index < -0.39 is 5.54 Å². The fourth-order valence-electron chi connectivity index (χ4n) is 3.51. The van der Waals surface area contributed by atoms with E-state index in [4.69, 9.17) is 0 Å². The van der Waals surface area contributed by atoms with E-state index in [1.54, 1.807) is 0 Å². The second kappa shape index (κ2) is 6.71. The van der Waals surface area contributed by atoms with Crippen molar-refractivity contribution in [2.24, 2.45) is 0 Å². The van der Waals surface area contributed by atoms with E-state index in [2.05, 4.69) is 5.32 Å². The number of aliphatic hydroxyl groups excluding tert-OH is 1. The van der Waals surface area contributed by atoms with Gasteiger partial charge in [0.1, 0.15) is 0 Å². The van der Waals surface area contributed by atoms with Gasteiger partial charge in [-0.1, -0.05) is 19.3 Å². The van der Waals surface area contributed by atoms with Crippen LogP contribution in [0.4, 0.5) is 0 Å². The molecule has 1 atom stereocenters. The molecular formula is C15H28N2O2. The Labute approximate surface area is 116 Å². The molecule has 1 saturated heterocycles. The van der Waals surface area contributed by atoms with Crippen LogP contribution in [0.25, 0.3) is 0 Å². The van der Waals surface area contributed by atoms with Crippen molar-refractivity contribution < 1.29 is 9.90 Å². The highest BCUT2D eigenvalue weighted by Crippen LogP contribution is 2.27. The third kappa shape index (κ3) is 3.48. The number of aliphatic hydroxyl groups is 1. The average molecular weight is 268 g/mol. The first-order valence-electron chi connectivity index (χ1n) is 7.84. The molecular weight excluding hydrogens is 240 g/mol. The zero-order chi connectivity index (χ0) is 13.7. The molecule has 19 heavy (non-hydrogen) atoms. The summed E-state index contributed by atoms with van der Waals surface area (Å²) in [6.45, 7) is 3.51. The molecule has 2 aliphatic rings. The maximum atomic E-state index is 12.9. The van der Waals surface area contributed by atoms with Crippen LogP contribution in [0, 0.1) is 0 Å². The van der Waals surface area contributed by atoms with Gasteiger partial charge in [-0.15, -0.1) is 0 Å². The van der Waals surface area contributed by atoms with Crippen LogP contribution in [0.3, 0.4) is 0 Å². The fraction of sp³-hybridized carbons (Fsp3) is 0.933. The summed E-state index contributed by atoms with van der Waals surface area (Å²) in [7, 11) is 0. The van der Waals surface area contributed by atoms with Crippen molar-refractivity contribution in [2.45, 2.75) is 69.9 Å². The van der Waals surface area contributed by atoms with Gasteiger partial charge < -0.3 is 15.3 Å². The third-order valence-corrected chi connectivity index (χ3v) is 4.71. The minimum Gasteiger partial charge on any atom is -0.395 e. The average Bonchev–Trinajstić information content (AvgIpc) is 2.46. The topological polar surface area (TPSA) is 52.6 Å². The van der Waals surface area contributed by atoms with Crippen molar-refractivity contribution in [2.75, 3.05) is 19.7 Å². The summed E-state index contributed by atoms with van der Waals surface area (Å²) in [6, 6.07) is 0.342. The largest absolute Gasteiger partial charge is 0.395 e. The van der Waals surface area contributed by atoms with Gasteiger partial charge in [0.25, 0.3) is 0 Å². The Morgan fingerprint density at radius 3 is 2.58 bits per heavy atom. The number of amides is 1. The normalized spacial score (nSPS) is 29.2. The second-order valence-electron chi connectivity index (χ2n) is 6.23. The second-order valence-corrected chi connectivity index (χ2v) is 6.23. The van der Waals surface area contributed by atoms with Crippen molar-refractivity contribution in [3.05, 3.63) is 0 Å². The van der Waals surface area contributed by atoms with Crippen molar-refractivity contribution >= 4 is 5.91 Å². The monoisotopic (exact) mass is 268 g/mol. The molecule has 0 spiro atoms. The van der Waals surface area contributed by atoms with Crippen molar-refractivity contribution in [1.29, 1.82) is 0 Å². The van der Waals surface area contributed by atoms with Crippen molar-refractivity contribution in [3.63, 3.8) is 0 Å². The van der Waals surface area contributed by atoms with E-state index in [1.807, 2.05) is 11.8 Å². The first-order valence-corrected chi connectivity index (χ1v) is 7.84. The van der Waals surface area contributed by atoms with E-state index in [9.17, 15) is 9.90 Å². The van der Waals surface area contributed by atoms with Gasteiger partial charge in [0.15, 0.2) is 0 Å². The quantitative estimate of drug-likeness (QED) is 0.815. The maximum Gasteiger partial charge on any atom is 0.242 e. The molecule has 0 aromatic heterocycles. The molecule has 1 saturated carbocycles. The molecule has 4 nitrogen and oxygen atoms in total. The lowest BCUT2D eigenvalue weighted by Gasteiger charge is -2.42. The molecule has 4 heteroatoms. The lowest BCUT2D eigenvalue weighted by molar-refractivity contribution is -0.142. The van der Waals surface area contributed by atoms with Crippen LogP contribution in [0.5, 0.6) is 0 Å². The molecule has 110 valence electrons. The molecule has 2 fully saturated rings. The van der Waals surface area contributed by atoms with Crippen molar-refractivity contribution in [1.82, 2.24) is 10.2 Å². The van der Waals surface area contributed by atoms with Gasteiger partial charge in [-0.3, -0.25) is 4.79 Å². The van der Waals surface area contributed by atoms with Crippen LogP contribution in [0.2, 0.25) is 0 Å². The predicted octanol–water partition coefficient (Wildman–Crippen LogP) is 1.67. The third-order valence-electron chi connectivity index (χ3n) is 4.71. The van der Waals surface area contributed by atoms with Gasteiger partial charge >= 0.3 is 0 Å². The zero-order valence-corrected chi connectivity index (χ0v) is 12.2. The molecule has 1 amide bonds. The fourth-order valence-corrected chi connectivity index (χ4v) is 3.51. The Hall–Kier alpha value is -0.610. The number of hydrogen-bond donors (Lipinski definition) is 2. The minimum absolute atomic E-state index is 0.0678. The van der Waals surface area contributed by atoms with Gasteiger partial charge in [0.2, 0.25) is 5.91 Å². The first-order chi connectivity index (χ1) is 9.17. The minimum atomic E-state index is -0.412. The Morgan fingerprint density at radius 1 is 1.26 bits per heavy atom. The van der Waals surface area contributed by atoms with E-state index in [1.165, 1.54) is 19.3 Å². The molecule has 0 radical (unpaired) electrons. The molecule has 1 unspecified atom stereocenters. The zero-order valence-electron chi connectivity index (χ0n) is 12.2. The Bertz CT molecular complexity index is 295. The van der Waals surface area contributed by atoms with E-state index in [0.29, 0.717) is 12.6 Å². The van der Waals surface area contributed by atoms with Crippen LogP contribution >= 0.6 is 0 Å². The van der Waals surface area contributed by atoms with Crippen LogP contribution < -0.4 is 5.32 Å². The van der Waals surface area contributed by atoms with E-state index in [0.717, 1.165) is 38.6 Å². The highest BCUT2D eigenvalue weighted by Gasteiger charge is 2.39. The van der Waals surface area contributed by atoms with E-state index in [-0.39, 0.29) is 12.5 Å². The Balaban J connectivity index is 2.06. The summed E-state index contributed by atoms with van der Waals surface area (Å²) in [5.41, 5.74) is -0.412. The van der Waals surface area contributed by atoms with Crippen LogP contribution in [0.1, 0.15) is 58.3 Å². The lowest BCUT2D eigenvalue weighted by atomic mass is 9.87. The SMILES string of the molecule is CC1(C(=O)N(CCO)C2CCCCC2)CCCCN1. The summed E-state index contributed by atoms with van der Waals surface area (Å²) < 4.78 is 0. The lowest BCUT2D eigenvalue weighted by Crippen LogP contribution is -2.60. The summed E-state index contributed by atoms with van der Waals surface area (Å²) in [5, 5.41) is 12.7. The molecule has 1 heterocycles. The molecule has 0 bridgehead atoms. The number of nitrogens with zero attached hydrogens (tertiary/aromatic N) is 1. The number of carbonyl (C=O) groups is 1. The van der Waals surface area contributed by atoms with Crippen LogP contribution in [0.15, 0.2) is 0 Å². The Morgan fingerprint density at radius 2 is 2.00 bits per heavy atom. The van der Waals surface area contributed by atoms with Gasteiger partial charge in [0.05, 0.1) is 12.1 Å². The standard InChI is InChI=1S/C15H28N2O2/c1-15(9-5-6-10-16-15)14(19)17(11-12-18)13-7-3-2-4-8-13/h13,16,18H,2-12H2,1H3. The smallest absolute Gasteiger partial charge is 0.242 e. The highest BCUT2D eigenvalue weighted by atomic mass is 16.3. The predicted molar refractivity (Wildman–Crippen MR) is 75.9 cm³/mol. The first kappa shape index (κ1) is 14.8. The molecule has 1 aliphatic carbocycles. The molecule has 0 aromatic carbocycles. The number of hydrogen-bond acceptors (Lipinski definition) is 3. The van der Waals surface area contributed by atoms with Gasteiger partial charge in [-0.05, 0) is 45.6 Å². The number of piperidine rings is 1. The van der Waals surface area contributed by atoms with Crippen molar-refractivity contribution in [3.8, 4) is 0 Å². The maximum absolute atomic E-state index is 12.9. The number of carbonyl (C=O) groups excluding carboxylic acids is 1. The van der Waals surface area contributed by atoms with Crippen LogP contribution in [-0.2, 0) is 4.79 Å². The van der Waals surface area contributed by atoms with Gasteiger partial charge in [0, 0.05) is 12.6 Å². The Kier molecular flexibility index (Phi) is 5.22. The number of rotatable bonds is 4. The van der Waals surface area contributed by atoms with Crippen LogP contribution in [-0.4, -0.2) is 47.2 Å². The number of nitrogens with one attached hydrogen (secondary N) is 1. The summed E-state index contributed by atoms with van der Waals surface area (Å²) >= 11 is 0. The summed E-state index contributed by atoms with van der Waals surface area (Å²) in [5.74, 6) is 0.202. The van der Waals surface area contributed by atoms with E-state index >= 15 is 0 Å². The summed E-state index contributed by atoms with van der Waals surface area (Å²) in [6.07, 6.45) is 9.10. The molecule has 0 aromatic rings. The molecule has 2 N–H and O–H groups in total. The summed E-state index contributed by atoms with van der Waals surface area (Å²) in [4.78, 5) is 14.8. The van der Waals surface area contributed by atoms with Gasteiger partial charge in [-0.2, -0.15) is 0 Å². The van der Waals surface area contributed by atoms with Gasteiger partial charge in [-0.25, -0.2) is 0 Å². The molecule has 1 aliphatic heterocycles. The highest BCUT2D eigenvalue weighted by molar-refractivity contribution is 5.86. The molecule has 2 rings (SSSR count).